The van der Waals surface area contributed by atoms with Gasteiger partial charge in [0.1, 0.15) is 5.82 Å². The SMILES string of the molecule is Cc1c(F)cccc1-n1c(=O)n(C)c2cnc3ccc(-c4cccnc4)cc3c21. The lowest BCUT2D eigenvalue weighted by Gasteiger charge is -2.10. The highest BCUT2D eigenvalue weighted by atomic mass is 19.1. The van der Waals surface area contributed by atoms with Crippen LogP contribution in [0.1, 0.15) is 5.56 Å². The van der Waals surface area contributed by atoms with E-state index in [1.807, 2.05) is 30.3 Å². The Kier molecular flexibility index (Phi) is 3.81. The van der Waals surface area contributed by atoms with Crippen molar-refractivity contribution in [2.75, 3.05) is 0 Å². The second-order valence-corrected chi connectivity index (χ2v) is 7.03. The van der Waals surface area contributed by atoms with Crippen LogP contribution >= 0.6 is 0 Å². The maximum Gasteiger partial charge on any atom is 0.333 e. The van der Waals surface area contributed by atoms with Crippen molar-refractivity contribution in [3.05, 3.63) is 89.0 Å². The summed E-state index contributed by atoms with van der Waals surface area (Å²) in [4.78, 5) is 21.8. The zero-order chi connectivity index (χ0) is 20.1. The average Bonchev–Trinajstić information content (AvgIpc) is 3.01. The number of imidazole rings is 1. The van der Waals surface area contributed by atoms with Gasteiger partial charge in [-0.2, -0.15) is 0 Å². The van der Waals surface area contributed by atoms with Crippen LogP contribution in [0.2, 0.25) is 0 Å². The van der Waals surface area contributed by atoms with E-state index in [0.29, 0.717) is 22.3 Å². The van der Waals surface area contributed by atoms with E-state index in [0.717, 1.165) is 22.0 Å². The summed E-state index contributed by atoms with van der Waals surface area (Å²) in [6.07, 6.45) is 5.21. The Labute approximate surface area is 165 Å². The van der Waals surface area contributed by atoms with Crippen LogP contribution in [-0.2, 0) is 7.05 Å². The van der Waals surface area contributed by atoms with Gasteiger partial charge in [-0.05, 0) is 42.8 Å². The first-order chi connectivity index (χ1) is 14.1. The summed E-state index contributed by atoms with van der Waals surface area (Å²) in [6.45, 7) is 1.68. The molecule has 0 bridgehead atoms. The Hall–Kier alpha value is -3.80. The Morgan fingerprint density at radius 1 is 1.00 bits per heavy atom. The largest absolute Gasteiger partial charge is 0.333 e. The number of hydrogen-bond donors (Lipinski definition) is 0. The Bertz CT molecular complexity index is 1450. The Balaban J connectivity index is 1.93. The van der Waals surface area contributed by atoms with Gasteiger partial charge in [0.15, 0.2) is 0 Å². The van der Waals surface area contributed by atoms with E-state index in [9.17, 15) is 9.18 Å². The van der Waals surface area contributed by atoms with E-state index in [1.165, 1.54) is 6.07 Å². The van der Waals surface area contributed by atoms with Crippen LogP contribution in [0.5, 0.6) is 0 Å². The Morgan fingerprint density at radius 2 is 1.86 bits per heavy atom. The average molecular weight is 384 g/mol. The normalized spacial score (nSPS) is 11.4. The number of aryl methyl sites for hydroxylation is 1. The van der Waals surface area contributed by atoms with Gasteiger partial charge in [-0.1, -0.05) is 18.2 Å². The minimum absolute atomic E-state index is 0.241. The lowest BCUT2D eigenvalue weighted by atomic mass is 10.0. The smallest absolute Gasteiger partial charge is 0.293 e. The molecule has 0 amide bonds. The number of benzene rings is 2. The van der Waals surface area contributed by atoms with E-state index in [2.05, 4.69) is 9.97 Å². The molecule has 2 aromatic carbocycles. The van der Waals surface area contributed by atoms with Crippen LogP contribution < -0.4 is 5.69 Å². The standard InChI is InChI=1S/C23H17FN4O/c1-14-18(24)6-3-7-20(14)28-22-17-11-15(16-5-4-10-25-12-16)8-9-19(17)26-13-21(22)27(2)23(28)29/h3-13H,1-2H3. The van der Waals surface area contributed by atoms with Gasteiger partial charge in [-0.3, -0.25) is 19.1 Å². The molecule has 3 heterocycles. The van der Waals surface area contributed by atoms with Gasteiger partial charge in [0, 0.05) is 36.0 Å². The minimum Gasteiger partial charge on any atom is -0.293 e. The second-order valence-electron chi connectivity index (χ2n) is 7.03. The molecule has 0 spiro atoms. The molecule has 0 aliphatic heterocycles. The first-order valence-electron chi connectivity index (χ1n) is 9.22. The lowest BCUT2D eigenvalue weighted by molar-refractivity contribution is 0.616. The molecule has 5 aromatic rings. The van der Waals surface area contributed by atoms with Gasteiger partial charge in [0.2, 0.25) is 0 Å². The van der Waals surface area contributed by atoms with E-state index < -0.39 is 0 Å². The predicted octanol–water partition coefficient (Wildman–Crippen LogP) is 4.39. The third-order valence-electron chi connectivity index (χ3n) is 5.36. The van der Waals surface area contributed by atoms with Crippen LogP contribution in [0.25, 0.3) is 38.8 Å². The fraction of sp³-hybridized carbons (Fsp3) is 0.0870. The first-order valence-corrected chi connectivity index (χ1v) is 9.22. The van der Waals surface area contributed by atoms with Crippen molar-refractivity contribution in [2.45, 2.75) is 6.92 Å². The van der Waals surface area contributed by atoms with E-state index in [1.54, 1.807) is 53.8 Å². The third-order valence-corrected chi connectivity index (χ3v) is 5.36. The van der Waals surface area contributed by atoms with Crippen molar-refractivity contribution >= 4 is 21.9 Å². The van der Waals surface area contributed by atoms with E-state index in [-0.39, 0.29) is 11.5 Å². The van der Waals surface area contributed by atoms with Crippen molar-refractivity contribution < 1.29 is 4.39 Å². The molecule has 0 saturated heterocycles. The number of pyridine rings is 2. The zero-order valence-electron chi connectivity index (χ0n) is 15.9. The molecule has 0 saturated carbocycles. The number of hydrogen-bond acceptors (Lipinski definition) is 3. The molecule has 3 aromatic heterocycles. The van der Waals surface area contributed by atoms with Crippen molar-refractivity contribution in [1.29, 1.82) is 0 Å². The molecule has 29 heavy (non-hydrogen) atoms. The first kappa shape index (κ1) is 17.3. The summed E-state index contributed by atoms with van der Waals surface area (Å²) in [6, 6.07) is 14.6. The summed E-state index contributed by atoms with van der Waals surface area (Å²) in [5.74, 6) is -0.346. The molecule has 142 valence electrons. The van der Waals surface area contributed by atoms with Crippen LogP contribution in [0.4, 0.5) is 4.39 Å². The molecule has 0 aliphatic rings. The summed E-state index contributed by atoms with van der Waals surface area (Å²) >= 11 is 0. The summed E-state index contributed by atoms with van der Waals surface area (Å²) in [5, 5.41) is 0.824. The fourth-order valence-electron chi connectivity index (χ4n) is 3.77. The van der Waals surface area contributed by atoms with Gasteiger partial charge >= 0.3 is 5.69 Å². The number of halogens is 1. The number of rotatable bonds is 2. The van der Waals surface area contributed by atoms with Crippen LogP contribution in [0.15, 0.2) is 71.9 Å². The second kappa shape index (κ2) is 6.38. The monoisotopic (exact) mass is 384 g/mol. The number of fused-ring (bicyclic) bond motifs is 3. The molecule has 0 aliphatic carbocycles. The van der Waals surface area contributed by atoms with E-state index >= 15 is 0 Å². The molecular formula is C23H17FN4O. The van der Waals surface area contributed by atoms with Crippen LogP contribution in [-0.4, -0.2) is 19.1 Å². The highest BCUT2D eigenvalue weighted by Gasteiger charge is 2.18. The maximum absolute atomic E-state index is 14.3. The topological polar surface area (TPSA) is 52.7 Å². The predicted molar refractivity (Wildman–Crippen MR) is 112 cm³/mol. The minimum atomic E-state index is -0.346. The van der Waals surface area contributed by atoms with Crippen LogP contribution in [0, 0.1) is 12.7 Å². The summed E-state index contributed by atoms with van der Waals surface area (Å²) < 4.78 is 17.4. The van der Waals surface area contributed by atoms with Gasteiger partial charge in [0.25, 0.3) is 0 Å². The molecule has 0 unspecified atom stereocenters. The zero-order valence-corrected chi connectivity index (χ0v) is 15.9. The van der Waals surface area contributed by atoms with Crippen molar-refractivity contribution in [2.24, 2.45) is 7.05 Å². The van der Waals surface area contributed by atoms with Crippen molar-refractivity contribution in [3.8, 4) is 16.8 Å². The summed E-state index contributed by atoms with van der Waals surface area (Å²) in [7, 11) is 1.70. The lowest BCUT2D eigenvalue weighted by Crippen LogP contribution is -2.21. The van der Waals surface area contributed by atoms with Gasteiger partial charge in [-0.25, -0.2) is 9.18 Å². The molecule has 0 fully saturated rings. The fourth-order valence-corrected chi connectivity index (χ4v) is 3.77. The molecule has 0 radical (unpaired) electrons. The van der Waals surface area contributed by atoms with Gasteiger partial charge in [-0.15, -0.1) is 0 Å². The van der Waals surface area contributed by atoms with Gasteiger partial charge in [0.05, 0.1) is 28.4 Å². The van der Waals surface area contributed by atoms with Crippen molar-refractivity contribution in [1.82, 2.24) is 19.1 Å². The highest BCUT2D eigenvalue weighted by Crippen LogP contribution is 2.30. The van der Waals surface area contributed by atoms with E-state index in [4.69, 9.17) is 0 Å². The molecule has 5 rings (SSSR count). The van der Waals surface area contributed by atoms with Crippen molar-refractivity contribution in [3.63, 3.8) is 0 Å². The molecule has 6 heteroatoms. The van der Waals surface area contributed by atoms with Crippen LogP contribution in [0.3, 0.4) is 0 Å². The maximum atomic E-state index is 14.3. The highest BCUT2D eigenvalue weighted by molar-refractivity contribution is 6.04. The number of aromatic nitrogens is 4. The Morgan fingerprint density at radius 3 is 2.66 bits per heavy atom. The molecular weight excluding hydrogens is 367 g/mol. The molecule has 0 N–H and O–H groups in total. The molecule has 0 atom stereocenters. The molecule has 5 nitrogen and oxygen atoms in total. The number of nitrogens with zero attached hydrogens (tertiary/aromatic N) is 4. The van der Waals surface area contributed by atoms with Gasteiger partial charge < -0.3 is 0 Å². The summed E-state index contributed by atoms with van der Waals surface area (Å²) in [5.41, 5.74) is 4.82. The third kappa shape index (κ3) is 2.56. The quantitative estimate of drug-likeness (QED) is 0.454.